The van der Waals surface area contributed by atoms with E-state index in [1.807, 2.05) is 36.2 Å². The maximum Gasteiger partial charge on any atom is 0.320 e. The topological polar surface area (TPSA) is 105 Å². The van der Waals surface area contributed by atoms with E-state index in [0.717, 1.165) is 5.56 Å². The highest BCUT2D eigenvalue weighted by Gasteiger charge is 2.14. The van der Waals surface area contributed by atoms with Gasteiger partial charge in [0.2, 0.25) is 0 Å². The van der Waals surface area contributed by atoms with E-state index in [1.54, 1.807) is 31.4 Å². The Bertz CT molecular complexity index is 794. The van der Waals surface area contributed by atoms with Crippen molar-refractivity contribution in [1.82, 2.24) is 4.90 Å². The Balaban J connectivity index is 2.04. The highest BCUT2D eigenvalue weighted by molar-refractivity contribution is 6.04. The molecule has 1 atom stereocenters. The van der Waals surface area contributed by atoms with E-state index in [9.17, 15) is 9.59 Å². The number of carbonyl (C=O) groups is 2. The largest absolute Gasteiger partial charge is 0.497 e. The van der Waals surface area contributed by atoms with Gasteiger partial charge in [-0.05, 0) is 43.3 Å². The van der Waals surface area contributed by atoms with Crippen molar-refractivity contribution >= 4 is 17.6 Å². The first kappa shape index (κ1) is 20.4. The number of carbonyl (C=O) groups excluding carboxylic acids is 1. The van der Waals surface area contributed by atoms with Gasteiger partial charge >= 0.3 is 5.97 Å². The van der Waals surface area contributed by atoms with Crippen molar-refractivity contribution in [1.29, 1.82) is 0 Å². The van der Waals surface area contributed by atoms with Gasteiger partial charge in [-0.2, -0.15) is 0 Å². The van der Waals surface area contributed by atoms with Gasteiger partial charge in [-0.1, -0.05) is 24.3 Å². The maximum atomic E-state index is 12.5. The van der Waals surface area contributed by atoms with Crippen LogP contribution < -0.4 is 15.8 Å². The number of nitrogens with one attached hydrogen (secondary N) is 1. The molecule has 27 heavy (non-hydrogen) atoms. The lowest BCUT2D eigenvalue weighted by molar-refractivity contribution is -0.138. The molecule has 0 saturated carbocycles. The summed E-state index contributed by atoms with van der Waals surface area (Å²) in [7, 11) is 3.44. The van der Waals surface area contributed by atoms with Gasteiger partial charge in [0.15, 0.2) is 0 Å². The van der Waals surface area contributed by atoms with Crippen molar-refractivity contribution in [3.05, 3.63) is 59.7 Å². The predicted octanol–water partition coefficient (Wildman–Crippen LogP) is 2.18. The fourth-order valence-corrected chi connectivity index (χ4v) is 2.59. The Labute approximate surface area is 158 Å². The lowest BCUT2D eigenvalue weighted by Gasteiger charge is -2.20. The van der Waals surface area contributed by atoms with E-state index in [1.165, 1.54) is 0 Å². The number of para-hydroxylation sites is 1. The predicted molar refractivity (Wildman–Crippen MR) is 104 cm³/mol. The molecule has 0 radical (unpaired) electrons. The van der Waals surface area contributed by atoms with Crippen LogP contribution in [0.1, 0.15) is 22.3 Å². The van der Waals surface area contributed by atoms with Gasteiger partial charge in [-0.3, -0.25) is 9.59 Å². The Morgan fingerprint density at radius 2 is 1.96 bits per heavy atom. The van der Waals surface area contributed by atoms with Crippen LogP contribution in [0.5, 0.6) is 5.75 Å². The van der Waals surface area contributed by atoms with Crippen LogP contribution >= 0.6 is 0 Å². The highest BCUT2D eigenvalue weighted by atomic mass is 16.5. The number of anilines is 1. The number of carboxylic acid groups (broad SMARTS) is 1. The summed E-state index contributed by atoms with van der Waals surface area (Å²) in [5, 5.41) is 11.8. The minimum absolute atomic E-state index is 0.225. The molecule has 0 heterocycles. The van der Waals surface area contributed by atoms with Crippen molar-refractivity contribution in [3.63, 3.8) is 0 Å². The average molecular weight is 371 g/mol. The molecular formula is C20H25N3O4. The zero-order valence-electron chi connectivity index (χ0n) is 15.5. The van der Waals surface area contributed by atoms with Gasteiger partial charge in [-0.25, -0.2) is 0 Å². The molecule has 0 unspecified atom stereocenters. The molecule has 4 N–H and O–H groups in total. The van der Waals surface area contributed by atoms with Crippen molar-refractivity contribution in [2.24, 2.45) is 5.73 Å². The summed E-state index contributed by atoms with van der Waals surface area (Å²) in [6, 6.07) is 13.6. The number of carboxylic acids is 1. The number of ether oxygens (including phenoxy) is 1. The summed E-state index contributed by atoms with van der Waals surface area (Å²) in [6.07, 6.45) is 0.351. The molecule has 0 bridgehead atoms. The molecule has 1 amide bonds. The third kappa shape index (κ3) is 6.09. The summed E-state index contributed by atoms with van der Waals surface area (Å²) < 4.78 is 5.16. The number of amides is 1. The molecule has 2 aromatic carbocycles. The Morgan fingerprint density at radius 3 is 2.67 bits per heavy atom. The Hall–Kier alpha value is -2.90. The number of nitrogens with two attached hydrogens (primary N) is 1. The molecule has 144 valence electrons. The molecule has 2 aromatic rings. The SMILES string of the molecule is COc1cccc(C(=O)Nc2ccccc2CN(C)CC[C@H](N)C(=O)O)c1. The zero-order chi connectivity index (χ0) is 19.8. The third-order valence-corrected chi connectivity index (χ3v) is 4.18. The lowest BCUT2D eigenvalue weighted by atomic mass is 10.1. The molecule has 7 heteroatoms. The number of hydrogen-bond acceptors (Lipinski definition) is 5. The molecule has 7 nitrogen and oxygen atoms in total. The van der Waals surface area contributed by atoms with Crippen LogP contribution in [0.4, 0.5) is 5.69 Å². The van der Waals surface area contributed by atoms with E-state index in [0.29, 0.717) is 36.5 Å². The second kappa shape index (κ2) is 9.70. The van der Waals surface area contributed by atoms with Crippen molar-refractivity contribution < 1.29 is 19.4 Å². The van der Waals surface area contributed by atoms with Gasteiger partial charge in [0.05, 0.1) is 7.11 Å². The van der Waals surface area contributed by atoms with Gasteiger partial charge in [0.25, 0.3) is 5.91 Å². The summed E-state index contributed by atoms with van der Waals surface area (Å²) in [6.45, 7) is 1.09. The van der Waals surface area contributed by atoms with Crippen molar-refractivity contribution in [2.75, 3.05) is 26.0 Å². The number of benzene rings is 2. The third-order valence-electron chi connectivity index (χ3n) is 4.18. The second-order valence-corrected chi connectivity index (χ2v) is 6.31. The minimum atomic E-state index is -1.01. The summed E-state index contributed by atoms with van der Waals surface area (Å²) >= 11 is 0. The number of rotatable bonds is 9. The van der Waals surface area contributed by atoms with E-state index in [4.69, 9.17) is 15.6 Å². The first-order valence-corrected chi connectivity index (χ1v) is 8.61. The molecule has 0 aliphatic carbocycles. The number of hydrogen-bond donors (Lipinski definition) is 3. The first-order chi connectivity index (χ1) is 12.9. The lowest BCUT2D eigenvalue weighted by Crippen LogP contribution is -2.34. The summed E-state index contributed by atoms with van der Waals surface area (Å²) in [5.41, 5.74) is 7.69. The quantitative estimate of drug-likeness (QED) is 0.624. The minimum Gasteiger partial charge on any atom is -0.497 e. The maximum absolute atomic E-state index is 12.5. The normalized spacial score (nSPS) is 11.9. The molecule has 0 spiro atoms. The smallest absolute Gasteiger partial charge is 0.320 e. The fraction of sp³-hybridized carbons (Fsp3) is 0.300. The number of methoxy groups -OCH3 is 1. The molecule has 2 rings (SSSR count). The van der Waals surface area contributed by atoms with Crippen LogP contribution in [0.3, 0.4) is 0 Å². The standard InChI is InChI=1S/C20H25N3O4/c1-23(11-10-17(21)20(25)26)13-15-6-3-4-9-18(15)22-19(24)14-7-5-8-16(12-14)27-2/h3-9,12,17H,10-11,13,21H2,1-2H3,(H,22,24)(H,25,26)/t17-/m0/s1. The highest BCUT2D eigenvalue weighted by Crippen LogP contribution is 2.19. The van der Waals surface area contributed by atoms with Gasteiger partial charge in [0.1, 0.15) is 11.8 Å². The summed E-state index contributed by atoms with van der Waals surface area (Å²) in [4.78, 5) is 25.3. The van der Waals surface area contributed by atoms with E-state index in [2.05, 4.69) is 5.32 Å². The average Bonchev–Trinajstić information content (AvgIpc) is 2.67. The monoisotopic (exact) mass is 371 g/mol. The molecular weight excluding hydrogens is 346 g/mol. The fourth-order valence-electron chi connectivity index (χ4n) is 2.59. The van der Waals surface area contributed by atoms with Crippen LogP contribution in [-0.4, -0.2) is 48.6 Å². The van der Waals surface area contributed by atoms with E-state index < -0.39 is 12.0 Å². The number of aliphatic carboxylic acids is 1. The zero-order valence-corrected chi connectivity index (χ0v) is 15.5. The van der Waals surface area contributed by atoms with Crippen molar-refractivity contribution in [3.8, 4) is 5.75 Å². The van der Waals surface area contributed by atoms with Gasteiger partial charge < -0.3 is 25.8 Å². The number of nitrogens with zero attached hydrogens (tertiary/aromatic N) is 1. The van der Waals surface area contributed by atoms with Crippen molar-refractivity contribution in [2.45, 2.75) is 19.0 Å². The van der Waals surface area contributed by atoms with Crippen LogP contribution in [0.25, 0.3) is 0 Å². The van der Waals surface area contributed by atoms with E-state index >= 15 is 0 Å². The van der Waals surface area contributed by atoms with Gasteiger partial charge in [0, 0.05) is 24.3 Å². The molecule has 0 aliphatic heterocycles. The van der Waals surface area contributed by atoms with E-state index in [-0.39, 0.29) is 5.91 Å². The molecule has 0 aliphatic rings. The molecule has 0 fully saturated rings. The second-order valence-electron chi connectivity index (χ2n) is 6.31. The molecule has 0 saturated heterocycles. The first-order valence-electron chi connectivity index (χ1n) is 8.61. The summed E-state index contributed by atoms with van der Waals surface area (Å²) in [5.74, 6) is -0.614. The molecule has 0 aromatic heterocycles. The van der Waals surface area contributed by atoms with Gasteiger partial charge in [-0.15, -0.1) is 0 Å². The Morgan fingerprint density at radius 1 is 1.22 bits per heavy atom. The Kier molecular flexibility index (Phi) is 7.34. The van der Waals surface area contributed by atoms with Crippen LogP contribution in [0, 0.1) is 0 Å². The van der Waals surface area contributed by atoms with Crippen LogP contribution in [0.15, 0.2) is 48.5 Å². The van der Waals surface area contributed by atoms with Crippen LogP contribution in [0.2, 0.25) is 0 Å². The van der Waals surface area contributed by atoms with Crippen LogP contribution in [-0.2, 0) is 11.3 Å².